The van der Waals surface area contributed by atoms with Gasteiger partial charge in [0.15, 0.2) is 0 Å². The first-order valence-electron chi connectivity index (χ1n) is 9.86. The Morgan fingerprint density at radius 3 is 2.48 bits per heavy atom. The topological polar surface area (TPSA) is 165 Å². The molecule has 1 saturated carbocycles. The van der Waals surface area contributed by atoms with Gasteiger partial charge in [-0.1, -0.05) is 29.8 Å². The normalized spacial score (nSPS) is 20.5. The molecule has 0 spiro atoms. The number of halogens is 1. The van der Waals surface area contributed by atoms with Crippen LogP contribution in [0.4, 0.5) is 4.79 Å². The van der Waals surface area contributed by atoms with E-state index in [-0.39, 0.29) is 18.8 Å². The fourth-order valence-corrected chi connectivity index (χ4v) is 3.61. The van der Waals surface area contributed by atoms with E-state index in [4.69, 9.17) is 21.8 Å². The first-order chi connectivity index (χ1) is 14.7. The Kier molecular flexibility index (Phi) is 8.64. The number of nitrogens with one attached hydrogen (secondary N) is 3. The summed E-state index contributed by atoms with van der Waals surface area (Å²) < 4.78 is 0. The van der Waals surface area contributed by atoms with Crippen LogP contribution in [0.15, 0.2) is 24.3 Å². The zero-order chi connectivity index (χ0) is 23.0. The largest absolute Gasteiger partial charge is 0.481 e. The van der Waals surface area contributed by atoms with Crippen molar-refractivity contribution in [3.63, 3.8) is 0 Å². The highest BCUT2D eigenvalue weighted by atomic mass is 35.5. The summed E-state index contributed by atoms with van der Waals surface area (Å²) >= 11 is 6.09. The fourth-order valence-electron chi connectivity index (χ4n) is 3.41. The quantitative estimate of drug-likeness (QED) is 0.244. The zero-order valence-electron chi connectivity index (χ0n) is 16.8. The lowest BCUT2D eigenvalue weighted by molar-refractivity contribution is -0.141. The Morgan fingerprint density at radius 1 is 1.16 bits per heavy atom. The number of carboxylic acid groups (broad SMARTS) is 3. The highest BCUT2D eigenvalue weighted by Crippen LogP contribution is 2.46. The van der Waals surface area contributed by atoms with Crippen LogP contribution in [0.3, 0.4) is 0 Å². The lowest BCUT2D eigenvalue weighted by Crippen LogP contribution is -2.53. The number of aliphatic carboxylic acids is 3. The van der Waals surface area contributed by atoms with Gasteiger partial charge in [-0.25, -0.2) is 14.4 Å². The van der Waals surface area contributed by atoms with E-state index >= 15 is 0 Å². The van der Waals surface area contributed by atoms with Crippen molar-refractivity contribution >= 4 is 35.5 Å². The molecule has 0 radical (unpaired) electrons. The number of hydrogen-bond donors (Lipinski definition) is 6. The smallest absolute Gasteiger partial charge is 0.329 e. The molecule has 0 saturated heterocycles. The summed E-state index contributed by atoms with van der Waals surface area (Å²) in [5, 5.41) is 35.8. The van der Waals surface area contributed by atoms with Crippen molar-refractivity contribution in [2.75, 3.05) is 6.54 Å². The van der Waals surface area contributed by atoms with Crippen LogP contribution >= 0.6 is 11.6 Å². The third-order valence-corrected chi connectivity index (χ3v) is 5.62. The van der Waals surface area contributed by atoms with Gasteiger partial charge in [0.25, 0.3) is 0 Å². The van der Waals surface area contributed by atoms with Crippen LogP contribution in [-0.4, -0.2) is 57.4 Å². The second-order valence-corrected chi connectivity index (χ2v) is 7.92. The minimum absolute atomic E-state index is 0.243. The summed E-state index contributed by atoms with van der Waals surface area (Å²) in [5.41, 5.74) is -0.479. The summed E-state index contributed by atoms with van der Waals surface area (Å²) in [7, 11) is 0. The molecule has 1 aromatic rings. The van der Waals surface area contributed by atoms with Gasteiger partial charge in [-0.15, -0.1) is 0 Å². The summed E-state index contributed by atoms with van der Waals surface area (Å²) in [5.74, 6) is -4.05. The van der Waals surface area contributed by atoms with Crippen molar-refractivity contribution in [2.24, 2.45) is 5.92 Å². The Labute approximate surface area is 184 Å². The van der Waals surface area contributed by atoms with E-state index in [1.807, 2.05) is 18.2 Å². The van der Waals surface area contributed by atoms with Gasteiger partial charge < -0.3 is 31.3 Å². The Morgan fingerprint density at radius 2 is 1.87 bits per heavy atom. The number of rotatable bonds is 13. The lowest BCUT2D eigenvalue weighted by Gasteiger charge is -2.19. The molecule has 1 aliphatic rings. The van der Waals surface area contributed by atoms with Gasteiger partial charge in [-0.2, -0.15) is 0 Å². The molecule has 170 valence electrons. The monoisotopic (exact) mass is 455 g/mol. The van der Waals surface area contributed by atoms with Crippen LogP contribution in [0.5, 0.6) is 0 Å². The number of amides is 2. The van der Waals surface area contributed by atoms with E-state index in [1.165, 1.54) is 0 Å². The van der Waals surface area contributed by atoms with Crippen molar-refractivity contribution in [2.45, 2.75) is 50.2 Å². The molecule has 1 fully saturated rings. The Balaban J connectivity index is 1.78. The molecule has 2 rings (SSSR count). The van der Waals surface area contributed by atoms with Crippen LogP contribution in [0.1, 0.15) is 37.7 Å². The predicted octanol–water partition coefficient (Wildman–Crippen LogP) is 1.67. The number of carbonyl (C=O) groups is 4. The molecular weight excluding hydrogens is 430 g/mol. The van der Waals surface area contributed by atoms with Crippen LogP contribution in [-0.2, 0) is 20.9 Å². The maximum atomic E-state index is 12.2. The number of hydrogen-bond acceptors (Lipinski definition) is 5. The van der Waals surface area contributed by atoms with E-state index in [0.717, 1.165) is 5.56 Å². The fraction of sp³-hybridized carbons (Fsp3) is 0.500. The van der Waals surface area contributed by atoms with Gasteiger partial charge >= 0.3 is 23.9 Å². The maximum absolute atomic E-state index is 12.2. The van der Waals surface area contributed by atoms with Crippen LogP contribution < -0.4 is 16.0 Å². The molecular formula is C20H26ClN3O7. The highest BCUT2D eigenvalue weighted by molar-refractivity contribution is 6.31. The molecule has 0 bridgehead atoms. The van der Waals surface area contributed by atoms with Gasteiger partial charge in [0, 0.05) is 18.0 Å². The van der Waals surface area contributed by atoms with Gasteiger partial charge in [0.1, 0.15) is 11.6 Å². The van der Waals surface area contributed by atoms with Crippen molar-refractivity contribution < 1.29 is 34.5 Å². The Bertz CT molecular complexity index is 835. The van der Waals surface area contributed by atoms with Gasteiger partial charge in [-0.05, 0) is 49.8 Å². The molecule has 1 aromatic carbocycles. The zero-order valence-corrected chi connectivity index (χ0v) is 17.5. The molecule has 2 amide bonds. The molecule has 10 nitrogen and oxygen atoms in total. The SMILES string of the molecule is O=C(O)CC[C@H](NC(=O)NC1(C(=O)O)CC1CCCNCc1ccccc1Cl)C(=O)O. The average Bonchev–Trinajstić information content (AvgIpc) is 3.39. The molecule has 0 heterocycles. The molecule has 1 aliphatic carbocycles. The van der Waals surface area contributed by atoms with E-state index < -0.39 is 41.9 Å². The minimum atomic E-state index is -1.44. The summed E-state index contributed by atoms with van der Waals surface area (Å²) in [6.07, 6.45) is 0.740. The molecule has 0 aliphatic heterocycles. The standard InChI is InChI=1S/C20H26ClN3O7/c21-14-6-2-1-4-12(14)11-22-9-3-5-13-10-20(13,18(29)30)24-19(31)23-15(17(27)28)7-8-16(25)26/h1-2,4,6,13,15,22H,3,5,7-11H2,(H,25,26)(H,27,28)(H,29,30)(H2,23,24,31)/t13?,15-,20?/m0/s1. The molecule has 11 heteroatoms. The first kappa shape index (κ1) is 24.4. The number of carboxylic acids is 3. The van der Waals surface area contributed by atoms with E-state index in [9.17, 15) is 24.3 Å². The van der Waals surface area contributed by atoms with Crippen molar-refractivity contribution in [1.82, 2.24) is 16.0 Å². The number of urea groups is 1. The summed E-state index contributed by atoms with van der Waals surface area (Å²) in [6.45, 7) is 1.22. The van der Waals surface area contributed by atoms with Crippen molar-refractivity contribution in [3.05, 3.63) is 34.9 Å². The number of carbonyl (C=O) groups excluding carboxylic acids is 1. The number of benzene rings is 1. The molecule has 31 heavy (non-hydrogen) atoms. The van der Waals surface area contributed by atoms with Gasteiger partial charge in [-0.3, -0.25) is 4.79 Å². The molecule has 3 atom stereocenters. The maximum Gasteiger partial charge on any atom is 0.329 e. The summed E-state index contributed by atoms with van der Waals surface area (Å²) in [4.78, 5) is 45.7. The lowest BCUT2D eigenvalue weighted by atomic mass is 10.1. The third kappa shape index (κ3) is 7.11. The van der Waals surface area contributed by atoms with Gasteiger partial charge in [0.2, 0.25) is 0 Å². The molecule has 0 aromatic heterocycles. The van der Waals surface area contributed by atoms with E-state index in [1.54, 1.807) is 6.07 Å². The van der Waals surface area contributed by atoms with Crippen molar-refractivity contribution in [3.8, 4) is 0 Å². The second-order valence-electron chi connectivity index (χ2n) is 7.51. The van der Waals surface area contributed by atoms with Crippen LogP contribution in [0.25, 0.3) is 0 Å². The second kappa shape index (κ2) is 11.0. The predicted molar refractivity (Wildman–Crippen MR) is 111 cm³/mol. The first-order valence-corrected chi connectivity index (χ1v) is 10.2. The van der Waals surface area contributed by atoms with E-state index in [0.29, 0.717) is 31.0 Å². The average molecular weight is 456 g/mol. The van der Waals surface area contributed by atoms with Crippen molar-refractivity contribution in [1.29, 1.82) is 0 Å². The minimum Gasteiger partial charge on any atom is -0.481 e. The third-order valence-electron chi connectivity index (χ3n) is 5.25. The summed E-state index contributed by atoms with van der Waals surface area (Å²) in [6, 6.07) is 5.08. The molecule has 2 unspecified atom stereocenters. The highest BCUT2D eigenvalue weighted by Gasteiger charge is 2.61. The van der Waals surface area contributed by atoms with Crippen LogP contribution in [0.2, 0.25) is 5.02 Å². The van der Waals surface area contributed by atoms with E-state index in [2.05, 4.69) is 16.0 Å². The molecule has 6 N–H and O–H groups in total. The van der Waals surface area contributed by atoms with Gasteiger partial charge in [0.05, 0.1) is 0 Å². The Hall–Kier alpha value is -2.85. The van der Waals surface area contributed by atoms with Crippen LogP contribution in [0, 0.1) is 5.92 Å².